The van der Waals surface area contributed by atoms with Crippen LogP contribution in [0.1, 0.15) is 26.7 Å². The SMILES string of the molecule is CCCC(C)(O)CNC(=O)Cn1nnc(-c2ccsc2)n1. The number of nitrogens with zero attached hydrogens (tertiary/aromatic N) is 4. The Kier molecular flexibility index (Phi) is 5.03. The van der Waals surface area contributed by atoms with Crippen LogP contribution in [0.2, 0.25) is 0 Å². The molecule has 0 fully saturated rings. The number of carbonyl (C=O) groups is 1. The molecule has 21 heavy (non-hydrogen) atoms. The van der Waals surface area contributed by atoms with Gasteiger partial charge in [-0.15, -0.1) is 10.2 Å². The topological polar surface area (TPSA) is 92.9 Å². The lowest BCUT2D eigenvalue weighted by molar-refractivity contribution is -0.123. The van der Waals surface area contributed by atoms with E-state index < -0.39 is 5.60 Å². The van der Waals surface area contributed by atoms with Gasteiger partial charge in [-0.2, -0.15) is 16.1 Å². The lowest BCUT2D eigenvalue weighted by atomic mass is 10.0. The number of amides is 1. The van der Waals surface area contributed by atoms with Gasteiger partial charge in [0.25, 0.3) is 0 Å². The van der Waals surface area contributed by atoms with E-state index in [1.54, 1.807) is 18.3 Å². The monoisotopic (exact) mass is 309 g/mol. The second-order valence-electron chi connectivity index (χ2n) is 5.18. The summed E-state index contributed by atoms with van der Waals surface area (Å²) in [4.78, 5) is 13.1. The first-order valence-electron chi connectivity index (χ1n) is 6.79. The maximum atomic E-state index is 11.8. The van der Waals surface area contributed by atoms with E-state index in [1.165, 1.54) is 4.80 Å². The van der Waals surface area contributed by atoms with Crippen LogP contribution in [0, 0.1) is 0 Å². The Morgan fingerprint density at radius 2 is 2.38 bits per heavy atom. The third-order valence-corrected chi connectivity index (χ3v) is 3.66. The van der Waals surface area contributed by atoms with Crippen molar-refractivity contribution in [2.45, 2.75) is 38.8 Å². The van der Waals surface area contributed by atoms with E-state index in [2.05, 4.69) is 20.7 Å². The molecular weight excluding hydrogens is 290 g/mol. The van der Waals surface area contributed by atoms with Crippen LogP contribution >= 0.6 is 11.3 Å². The highest BCUT2D eigenvalue weighted by Crippen LogP contribution is 2.16. The summed E-state index contributed by atoms with van der Waals surface area (Å²) in [6, 6.07) is 1.90. The maximum absolute atomic E-state index is 11.8. The van der Waals surface area contributed by atoms with Crippen molar-refractivity contribution in [1.29, 1.82) is 0 Å². The van der Waals surface area contributed by atoms with E-state index in [1.807, 2.05) is 23.8 Å². The molecular formula is C13H19N5O2S. The molecule has 1 unspecified atom stereocenters. The van der Waals surface area contributed by atoms with Crippen LogP contribution < -0.4 is 5.32 Å². The molecule has 0 aliphatic rings. The van der Waals surface area contributed by atoms with Gasteiger partial charge in [0.2, 0.25) is 11.7 Å². The quantitative estimate of drug-likeness (QED) is 0.798. The minimum absolute atomic E-state index is 0.0145. The largest absolute Gasteiger partial charge is 0.388 e. The fourth-order valence-electron chi connectivity index (χ4n) is 1.92. The zero-order chi connectivity index (χ0) is 15.3. The number of aromatic nitrogens is 4. The highest BCUT2D eigenvalue weighted by molar-refractivity contribution is 7.08. The molecule has 0 aliphatic heterocycles. The van der Waals surface area contributed by atoms with Crippen LogP contribution in [0.3, 0.4) is 0 Å². The standard InChI is InChI=1S/C13H19N5O2S/c1-3-5-13(2,20)9-14-11(19)7-18-16-12(15-17-18)10-4-6-21-8-10/h4,6,8,20H,3,5,7,9H2,1-2H3,(H,14,19). The van der Waals surface area contributed by atoms with Crippen LogP contribution in [0.4, 0.5) is 0 Å². The Hall–Kier alpha value is -1.80. The summed E-state index contributed by atoms with van der Waals surface area (Å²) in [7, 11) is 0. The Balaban J connectivity index is 1.86. The molecule has 114 valence electrons. The van der Waals surface area contributed by atoms with Crippen LogP contribution in [0.25, 0.3) is 11.4 Å². The van der Waals surface area contributed by atoms with Crippen LogP contribution in [0.5, 0.6) is 0 Å². The molecule has 0 spiro atoms. The third-order valence-electron chi connectivity index (χ3n) is 2.97. The molecule has 1 amide bonds. The van der Waals surface area contributed by atoms with Gasteiger partial charge in [0.05, 0.1) is 5.60 Å². The van der Waals surface area contributed by atoms with Crippen molar-refractivity contribution >= 4 is 17.2 Å². The summed E-state index contributed by atoms with van der Waals surface area (Å²) < 4.78 is 0. The average molecular weight is 309 g/mol. The molecule has 2 rings (SSSR count). The molecule has 0 aromatic carbocycles. The van der Waals surface area contributed by atoms with Crippen molar-refractivity contribution in [2.75, 3.05) is 6.54 Å². The molecule has 2 heterocycles. The number of aliphatic hydroxyl groups is 1. The van der Waals surface area contributed by atoms with Crippen molar-refractivity contribution in [1.82, 2.24) is 25.5 Å². The number of rotatable bonds is 7. The number of hydrogen-bond donors (Lipinski definition) is 2. The first-order valence-corrected chi connectivity index (χ1v) is 7.74. The van der Waals surface area contributed by atoms with Crippen molar-refractivity contribution in [3.8, 4) is 11.4 Å². The minimum Gasteiger partial charge on any atom is -0.388 e. The van der Waals surface area contributed by atoms with E-state index >= 15 is 0 Å². The van der Waals surface area contributed by atoms with Gasteiger partial charge in [-0.25, -0.2) is 0 Å². The molecule has 8 heteroatoms. The molecule has 0 saturated heterocycles. The van der Waals surface area contributed by atoms with Crippen LogP contribution in [-0.4, -0.2) is 43.4 Å². The van der Waals surface area contributed by atoms with Gasteiger partial charge in [0.1, 0.15) is 6.54 Å². The van der Waals surface area contributed by atoms with Crippen molar-refractivity contribution < 1.29 is 9.90 Å². The summed E-state index contributed by atoms with van der Waals surface area (Å²) in [5.41, 5.74) is -0.000254. The average Bonchev–Trinajstić information content (AvgIpc) is 3.06. The molecule has 2 aromatic heterocycles. The zero-order valence-electron chi connectivity index (χ0n) is 12.1. The number of carbonyl (C=O) groups excluding carboxylic acids is 1. The Morgan fingerprint density at radius 3 is 3.05 bits per heavy atom. The highest BCUT2D eigenvalue weighted by atomic mass is 32.1. The van der Waals surface area contributed by atoms with Gasteiger partial charge in [-0.05, 0) is 30.0 Å². The molecule has 2 N–H and O–H groups in total. The maximum Gasteiger partial charge on any atom is 0.243 e. The Bertz CT molecular complexity index is 579. The number of hydrogen-bond acceptors (Lipinski definition) is 6. The summed E-state index contributed by atoms with van der Waals surface area (Å²) in [6.45, 7) is 3.89. The van der Waals surface area contributed by atoms with Crippen LogP contribution in [0.15, 0.2) is 16.8 Å². The van der Waals surface area contributed by atoms with Gasteiger partial charge in [-0.3, -0.25) is 4.79 Å². The summed E-state index contributed by atoms with van der Waals surface area (Å²) in [6.07, 6.45) is 1.49. The Morgan fingerprint density at radius 1 is 1.57 bits per heavy atom. The fraction of sp³-hybridized carbons (Fsp3) is 0.538. The molecule has 0 saturated carbocycles. The van der Waals surface area contributed by atoms with E-state index in [0.717, 1.165) is 12.0 Å². The minimum atomic E-state index is -0.887. The number of tetrazole rings is 1. The Labute approximate surface area is 127 Å². The lowest BCUT2D eigenvalue weighted by Crippen LogP contribution is -2.41. The number of nitrogens with one attached hydrogen (secondary N) is 1. The third kappa shape index (κ3) is 4.61. The van der Waals surface area contributed by atoms with Crippen molar-refractivity contribution in [2.24, 2.45) is 0 Å². The first-order chi connectivity index (χ1) is 10.00. The highest BCUT2D eigenvalue weighted by Gasteiger charge is 2.20. The smallest absolute Gasteiger partial charge is 0.243 e. The summed E-state index contributed by atoms with van der Waals surface area (Å²) >= 11 is 1.55. The fourth-order valence-corrected chi connectivity index (χ4v) is 2.55. The molecule has 0 aliphatic carbocycles. The van der Waals surface area contributed by atoms with Crippen molar-refractivity contribution in [3.63, 3.8) is 0 Å². The van der Waals surface area contributed by atoms with Crippen LogP contribution in [-0.2, 0) is 11.3 Å². The zero-order valence-corrected chi connectivity index (χ0v) is 12.9. The molecule has 0 radical (unpaired) electrons. The van der Waals surface area contributed by atoms with E-state index in [9.17, 15) is 9.90 Å². The number of thiophene rings is 1. The molecule has 2 aromatic rings. The lowest BCUT2D eigenvalue weighted by Gasteiger charge is -2.22. The van der Waals surface area contributed by atoms with Crippen molar-refractivity contribution in [3.05, 3.63) is 16.8 Å². The second-order valence-corrected chi connectivity index (χ2v) is 5.96. The van der Waals surface area contributed by atoms with E-state index in [0.29, 0.717) is 12.2 Å². The molecule has 7 nitrogen and oxygen atoms in total. The van der Waals surface area contributed by atoms with E-state index in [4.69, 9.17) is 0 Å². The predicted molar refractivity (Wildman–Crippen MR) is 79.7 cm³/mol. The summed E-state index contributed by atoms with van der Waals surface area (Å²) in [5.74, 6) is 0.252. The molecule has 1 atom stereocenters. The van der Waals surface area contributed by atoms with Gasteiger partial charge >= 0.3 is 0 Å². The first kappa shape index (κ1) is 15.6. The second kappa shape index (κ2) is 6.77. The van der Waals surface area contributed by atoms with Gasteiger partial charge in [0.15, 0.2) is 0 Å². The van der Waals surface area contributed by atoms with Gasteiger partial charge < -0.3 is 10.4 Å². The van der Waals surface area contributed by atoms with E-state index in [-0.39, 0.29) is 19.0 Å². The predicted octanol–water partition coefficient (Wildman–Crippen LogP) is 1.07. The van der Waals surface area contributed by atoms with Gasteiger partial charge in [0, 0.05) is 17.5 Å². The van der Waals surface area contributed by atoms with Gasteiger partial charge in [-0.1, -0.05) is 13.3 Å². The summed E-state index contributed by atoms with van der Waals surface area (Å²) in [5, 5.41) is 28.4. The molecule has 0 bridgehead atoms. The normalized spacial score (nSPS) is 13.9.